The SMILES string of the molecule is O=C(CCN1C(=S)NC(c2ccccn2)C1c1ccc(-c2ccc(Br)cc2)o1)Nc1cccc2ccccc12. The second-order valence-electron chi connectivity index (χ2n) is 9.35. The van der Waals surface area contributed by atoms with Crippen LogP contribution in [0, 0.1) is 0 Å². The molecule has 3 heterocycles. The molecule has 5 aromatic rings. The van der Waals surface area contributed by atoms with Crippen LogP contribution in [0.4, 0.5) is 5.69 Å². The lowest BCUT2D eigenvalue weighted by atomic mass is 10.0. The van der Waals surface area contributed by atoms with Crippen molar-refractivity contribution in [3.05, 3.63) is 119 Å². The predicted molar refractivity (Wildman–Crippen MR) is 161 cm³/mol. The molecule has 1 fully saturated rings. The van der Waals surface area contributed by atoms with Gasteiger partial charge in [-0.25, -0.2) is 0 Å². The lowest BCUT2D eigenvalue weighted by Gasteiger charge is -2.26. The topological polar surface area (TPSA) is 70.4 Å². The van der Waals surface area contributed by atoms with Crippen LogP contribution in [-0.4, -0.2) is 27.4 Å². The maximum Gasteiger partial charge on any atom is 0.226 e. The van der Waals surface area contributed by atoms with Gasteiger partial charge in [0.25, 0.3) is 0 Å². The minimum absolute atomic E-state index is 0.0795. The van der Waals surface area contributed by atoms with E-state index in [4.69, 9.17) is 16.6 Å². The summed E-state index contributed by atoms with van der Waals surface area (Å²) in [5.74, 6) is 1.44. The Bertz CT molecular complexity index is 1630. The zero-order chi connectivity index (χ0) is 26.8. The first-order chi connectivity index (χ1) is 19.1. The van der Waals surface area contributed by atoms with E-state index in [2.05, 4.69) is 31.5 Å². The molecule has 1 saturated heterocycles. The van der Waals surface area contributed by atoms with Crippen LogP contribution < -0.4 is 10.6 Å². The molecule has 6 rings (SSSR count). The molecule has 2 aromatic heterocycles. The Balaban J connectivity index is 1.25. The summed E-state index contributed by atoms with van der Waals surface area (Å²) >= 11 is 9.25. The van der Waals surface area contributed by atoms with Gasteiger partial charge in [-0.05, 0) is 60.1 Å². The van der Waals surface area contributed by atoms with Crippen molar-refractivity contribution in [2.75, 3.05) is 11.9 Å². The first-order valence-electron chi connectivity index (χ1n) is 12.7. The smallest absolute Gasteiger partial charge is 0.226 e. The number of hydrogen-bond donors (Lipinski definition) is 2. The highest BCUT2D eigenvalue weighted by atomic mass is 79.9. The molecule has 1 aliphatic rings. The number of amides is 1. The Labute approximate surface area is 240 Å². The van der Waals surface area contributed by atoms with Crippen LogP contribution >= 0.6 is 28.1 Å². The minimum Gasteiger partial charge on any atom is -0.459 e. The van der Waals surface area contributed by atoms with Crippen LogP contribution in [0.25, 0.3) is 22.1 Å². The van der Waals surface area contributed by atoms with E-state index in [0.29, 0.717) is 11.7 Å². The molecule has 0 aliphatic carbocycles. The van der Waals surface area contributed by atoms with Gasteiger partial charge in [0.1, 0.15) is 17.6 Å². The minimum atomic E-state index is -0.262. The maximum atomic E-state index is 13.1. The van der Waals surface area contributed by atoms with E-state index in [9.17, 15) is 4.79 Å². The quantitative estimate of drug-likeness (QED) is 0.193. The average molecular weight is 598 g/mol. The molecule has 194 valence electrons. The summed E-state index contributed by atoms with van der Waals surface area (Å²) in [6, 6.07) is 31.2. The number of aromatic nitrogens is 1. The van der Waals surface area contributed by atoms with Crippen molar-refractivity contribution < 1.29 is 9.21 Å². The van der Waals surface area contributed by atoms with Crippen LogP contribution in [0.5, 0.6) is 0 Å². The number of fused-ring (bicyclic) bond motifs is 1. The van der Waals surface area contributed by atoms with Crippen molar-refractivity contribution in [3.8, 4) is 11.3 Å². The Morgan fingerprint density at radius 2 is 1.77 bits per heavy atom. The number of benzene rings is 3. The van der Waals surface area contributed by atoms with Gasteiger partial charge in [0.05, 0.1) is 11.7 Å². The Morgan fingerprint density at radius 3 is 2.59 bits per heavy atom. The van der Waals surface area contributed by atoms with Crippen LogP contribution in [0.3, 0.4) is 0 Å². The lowest BCUT2D eigenvalue weighted by molar-refractivity contribution is -0.116. The summed E-state index contributed by atoms with van der Waals surface area (Å²) in [5, 5.41) is 9.16. The molecule has 0 radical (unpaired) electrons. The van der Waals surface area contributed by atoms with E-state index >= 15 is 0 Å². The molecule has 2 N–H and O–H groups in total. The average Bonchev–Trinajstić information content (AvgIpc) is 3.57. The normalized spacial score (nSPS) is 16.8. The molecule has 8 heteroatoms. The third kappa shape index (κ3) is 5.30. The molecular formula is C31H25BrN4O2S. The second-order valence-corrected chi connectivity index (χ2v) is 10.7. The second kappa shape index (κ2) is 11.0. The number of carbonyl (C=O) groups is 1. The fraction of sp³-hybridized carbons (Fsp3) is 0.129. The van der Waals surface area contributed by atoms with E-state index in [1.54, 1.807) is 6.20 Å². The highest BCUT2D eigenvalue weighted by Gasteiger charge is 2.41. The van der Waals surface area contributed by atoms with Gasteiger partial charge in [-0.3, -0.25) is 9.78 Å². The Kier molecular flexibility index (Phi) is 7.13. The zero-order valence-corrected chi connectivity index (χ0v) is 23.3. The number of hydrogen-bond acceptors (Lipinski definition) is 4. The van der Waals surface area contributed by atoms with E-state index in [1.165, 1.54) is 0 Å². The van der Waals surface area contributed by atoms with Crippen LogP contribution in [-0.2, 0) is 4.79 Å². The first kappa shape index (κ1) is 25.3. The number of thiocarbonyl (C=S) groups is 1. The number of carbonyl (C=O) groups excluding carboxylic acids is 1. The summed E-state index contributed by atoms with van der Waals surface area (Å²) in [7, 11) is 0. The zero-order valence-electron chi connectivity index (χ0n) is 20.9. The van der Waals surface area contributed by atoms with Crippen molar-refractivity contribution in [3.63, 3.8) is 0 Å². The molecule has 1 amide bonds. The van der Waals surface area contributed by atoms with E-state index in [0.717, 1.165) is 43.7 Å². The van der Waals surface area contributed by atoms with Crippen molar-refractivity contribution in [1.82, 2.24) is 15.2 Å². The van der Waals surface area contributed by atoms with Gasteiger partial charge in [0, 0.05) is 40.3 Å². The van der Waals surface area contributed by atoms with E-state index in [1.807, 2.05) is 102 Å². The number of rotatable bonds is 7. The summed E-state index contributed by atoms with van der Waals surface area (Å²) < 4.78 is 7.40. The number of halogens is 1. The standard InChI is InChI=1S/C31H25BrN4O2S/c32-22-13-11-21(12-14-22)26-15-16-27(38-26)30-29(25-9-3-4-18-33-25)35-31(39)36(30)19-17-28(37)34-24-10-5-7-20-6-1-2-8-23(20)24/h1-16,18,29-30H,17,19H2,(H,34,37)(H,35,39). The van der Waals surface area contributed by atoms with Crippen molar-refractivity contribution in [1.29, 1.82) is 0 Å². The predicted octanol–water partition coefficient (Wildman–Crippen LogP) is 7.26. The molecule has 0 bridgehead atoms. The summed E-state index contributed by atoms with van der Waals surface area (Å²) in [6.07, 6.45) is 2.03. The molecule has 0 saturated carbocycles. The van der Waals surface area contributed by atoms with Gasteiger partial charge in [-0.2, -0.15) is 0 Å². The number of anilines is 1. The maximum absolute atomic E-state index is 13.1. The van der Waals surface area contributed by atoms with Gasteiger partial charge in [0.2, 0.25) is 5.91 Å². The van der Waals surface area contributed by atoms with Crippen LogP contribution in [0.1, 0.15) is 30.0 Å². The summed E-state index contributed by atoms with van der Waals surface area (Å²) in [6.45, 7) is 0.421. The molecule has 39 heavy (non-hydrogen) atoms. The van der Waals surface area contributed by atoms with Crippen molar-refractivity contribution in [2.45, 2.75) is 18.5 Å². The van der Waals surface area contributed by atoms with Crippen LogP contribution in [0.2, 0.25) is 0 Å². The van der Waals surface area contributed by atoms with E-state index < -0.39 is 0 Å². The first-order valence-corrected chi connectivity index (χ1v) is 13.9. The summed E-state index contributed by atoms with van der Waals surface area (Å²) in [4.78, 5) is 19.7. The Morgan fingerprint density at radius 1 is 0.974 bits per heavy atom. The largest absolute Gasteiger partial charge is 0.459 e. The number of nitrogens with one attached hydrogen (secondary N) is 2. The fourth-order valence-electron chi connectivity index (χ4n) is 5.01. The summed E-state index contributed by atoms with van der Waals surface area (Å²) in [5.41, 5.74) is 2.64. The Hall–Kier alpha value is -4.01. The van der Waals surface area contributed by atoms with E-state index in [-0.39, 0.29) is 24.4 Å². The molecule has 2 atom stereocenters. The molecule has 3 aromatic carbocycles. The third-order valence-corrected chi connectivity index (χ3v) is 7.77. The van der Waals surface area contributed by atoms with Gasteiger partial charge >= 0.3 is 0 Å². The van der Waals surface area contributed by atoms with Crippen molar-refractivity contribution in [2.24, 2.45) is 0 Å². The highest BCUT2D eigenvalue weighted by molar-refractivity contribution is 9.10. The highest BCUT2D eigenvalue weighted by Crippen LogP contribution is 2.40. The molecule has 6 nitrogen and oxygen atoms in total. The van der Waals surface area contributed by atoms with Crippen molar-refractivity contribution >= 4 is 55.6 Å². The third-order valence-electron chi connectivity index (χ3n) is 6.89. The van der Waals surface area contributed by atoms with Gasteiger partial charge in [0.15, 0.2) is 5.11 Å². The van der Waals surface area contributed by atoms with Gasteiger partial charge in [-0.15, -0.1) is 0 Å². The monoisotopic (exact) mass is 596 g/mol. The lowest BCUT2D eigenvalue weighted by Crippen LogP contribution is -2.32. The molecule has 0 spiro atoms. The fourth-order valence-corrected chi connectivity index (χ4v) is 5.60. The van der Waals surface area contributed by atoms with Crippen LogP contribution in [0.15, 0.2) is 112 Å². The molecule has 2 unspecified atom stereocenters. The number of nitrogens with zero attached hydrogens (tertiary/aromatic N) is 2. The molecule has 1 aliphatic heterocycles. The van der Waals surface area contributed by atoms with Gasteiger partial charge in [-0.1, -0.05) is 70.5 Å². The number of furan rings is 1. The molecular weight excluding hydrogens is 572 g/mol. The number of pyridine rings is 1. The van der Waals surface area contributed by atoms with Gasteiger partial charge < -0.3 is 20.0 Å².